The van der Waals surface area contributed by atoms with E-state index in [9.17, 15) is 0 Å². The lowest BCUT2D eigenvalue weighted by Crippen LogP contribution is -2.04. The summed E-state index contributed by atoms with van der Waals surface area (Å²) in [4.78, 5) is 16.2. The average molecular weight is 929 g/mol. The number of hydrogen-bond donors (Lipinski definition) is 0. The molecule has 0 amide bonds. The van der Waals surface area contributed by atoms with E-state index in [0.717, 1.165) is 83.0 Å². The smallest absolute Gasteiger partial charge is 0.164 e. The Balaban J connectivity index is 1.02. The topological polar surface area (TPSA) is 56.7 Å². The summed E-state index contributed by atoms with van der Waals surface area (Å²) < 4.78 is 13.9. The zero-order valence-corrected chi connectivity index (χ0v) is 38.9. The van der Waals surface area contributed by atoms with Gasteiger partial charge in [-0.2, -0.15) is 0 Å². The lowest BCUT2D eigenvalue weighted by Gasteiger charge is -2.21. The summed E-state index contributed by atoms with van der Waals surface area (Å²) in [5.41, 5.74) is 12.0. The van der Waals surface area contributed by atoms with Gasteiger partial charge in [0.05, 0.1) is 16.7 Å². The number of rotatable bonds is 6. The van der Waals surface area contributed by atoms with Gasteiger partial charge in [0.15, 0.2) is 17.5 Å². The van der Waals surface area contributed by atoms with Crippen LogP contribution in [0.25, 0.3) is 146 Å². The minimum atomic E-state index is 0.597. The van der Waals surface area contributed by atoms with E-state index in [-0.39, 0.29) is 0 Å². The molecular weight excluding hydrogens is 893 g/mol. The normalized spacial score (nSPS) is 12.0. The second-order valence-corrected chi connectivity index (χ2v) is 20.1. The van der Waals surface area contributed by atoms with E-state index in [4.69, 9.17) is 19.4 Å². The third kappa shape index (κ3) is 6.12. The summed E-state index contributed by atoms with van der Waals surface area (Å²) in [7, 11) is 0. The molecule has 326 valence electrons. The number of thiophene rings is 2. The number of para-hydroxylation sites is 2. The SMILES string of the molecule is c1ccc(-c2cc(-c3nc(-c4ccc5c(c4)sc4ccccc45)nc(-c4ccc5c(c4)sc4ccccc45)n3)cc(-c3ccccc3)c2-n2c3ccccc3c3cc4c(cc32)oc2ccccc24)cc1. The van der Waals surface area contributed by atoms with Crippen molar-refractivity contribution in [2.45, 2.75) is 0 Å². The Kier molecular flexibility index (Phi) is 8.63. The molecule has 0 aliphatic rings. The van der Waals surface area contributed by atoms with Gasteiger partial charge in [0.1, 0.15) is 11.2 Å². The molecule has 0 spiro atoms. The quantitative estimate of drug-likeness (QED) is 0.167. The third-order valence-electron chi connectivity index (χ3n) is 13.8. The molecular formula is C63H36N4OS2. The van der Waals surface area contributed by atoms with E-state index in [2.05, 4.69) is 217 Å². The van der Waals surface area contributed by atoms with Gasteiger partial charge in [0.25, 0.3) is 0 Å². The van der Waals surface area contributed by atoms with Crippen molar-refractivity contribution in [2.75, 3.05) is 0 Å². The highest BCUT2D eigenvalue weighted by molar-refractivity contribution is 7.26. The Morgan fingerprint density at radius 1 is 0.300 bits per heavy atom. The van der Waals surface area contributed by atoms with E-state index < -0.39 is 0 Å². The lowest BCUT2D eigenvalue weighted by molar-refractivity contribution is 0.669. The highest BCUT2D eigenvalue weighted by Gasteiger charge is 2.24. The van der Waals surface area contributed by atoms with Gasteiger partial charge in [-0.3, -0.25) is 0 Å². The van der Waals surface area contributed by atoms with Gasteiger partial charge in [0, 0.05) is 95.8 Å². The first-order valence-electron chi connectivity index (χ1n) is 23.4. The average Bonchev–Trinajstić information content (AvgIpc) is 4.18. The number of nitrogens with zero attached hydrogens (tertiary/aromatic N) is 4. The van der Waals surface area contributed by atoms with Crippen LogP contribution in [0.4, 0.5) is 0 Å². The molecule has 5 heterocycles. The van der Waals surface area contributed by atoms with Crippen LogP contribution in [0.1, 0.15) is 0 Å². The molecule has 7 heteroatoms. The van der Waals surface area contributed by atoms with Crippen molar-refractivity contribution < 1.29 is 4.42 Å². The number of benzene rings is 10. The summed E-state index contributed by atoms with van der Waals surface area (Å²) in [6.45, 7) is 0. The predicted molar refractivity (Wildman–Crippen MR) is 294 cm³/mol. The molecule has 0 saturated heterocycles. The minimum absolute atomic E-state index is 0.597. The Morgan fingerprint density at radius 2 is 0.786 bits per heavy atom. The van der Waals surface area contributed by atoms with Gasteiger partial charge >= 0.3 is 0 Å². The van der Waals surface area contributed by atoms with E-state index in [1.165, 1.54) is 45.7 Å². The molecule has 0 fully saturated rings. The summed E-state index contributed by atoms with van der Waals surface area (Å²) in [5, 5.41) is 9.53. The van der Waals surface area contributed by atoms with E-state index in [1.807, 2.05) is 6.07 Å². The second kappa shape index (κ2) is 15.4. The van der Waals surface area contributed by atoms with Crippen molar-refractivity contribution >= 4 is 107 Å². The van der Waals surface area contributed by atoms with Gasteiger partial charge in [-0.15, -0.1) is 22.7 Å². The van der Waals surface area contributed by atoms with Crippen molar-refractivity contribution in [3.8, 4) is 62.1 Å². The van der Waals surface area contributed by atoms with E-state index in [1.54, 1.807) is 22.7 Å². The van der Waals surface area contributed by atoms with E-state index >= 15 is 0 Å². The second-order valence-electron chi connectivity index (χ2n) is 17.9. The molecule has 0 aliphatic heterocycles. The number of aromatic nitrogens is 4. The third-order valence-corrected chi connectivity index (χ3v) is 16.1. The monoisotopic (exact) mass is 928 g/mol. The van der Waals surface area contributed by atoms with Crippen molar-refractivity contribution in [1.29, 1.82) is 0 Å². The maximum Gasteiger partial charge on any atom is 0.164 e. The van der Waals surface area contributed by atoms with Gasteiger partial charge in [-0.05, 0) is 65.7 Å². The van der Waals surface area contributed by atoms with Gasteiger partial charge in [0.2, 0.25) is 0 Å². The summed E-state index contributed by atoms with van der Waals surface area (Å²) >= 11 is 3.60. The van der Waals surface area contributed by atoms with Crippen molar-refractivity contribution in [1.82, 2.24) is 19.5 Å². The molecule has 0 saturated carbocycles. The Bertz CT molecular complexity index is 4410. The molecule has 0 bridgehead atoms. The van der Waals surface area contributed by atoms with E-state index in [0.29, 0.717) is 17.5 Å². The van der Waals surface area contributed by atoms with Crippen LogP contribution in [0, 0.1) is 0 Å². The highest BCUT2D eigenvalue weighted by Crippen LogP contribution is 2.46. The van der Waals surface area contributed by atoms with Crippen LogP contribution in [0.2, 0.25) is 0 Å². The molecule has 0 atom stereocenters. The first-order chi connectivity index (χ1) is 34.7. The number of furan rings is 1. The molecule has 10 aromatic carbocycles. The first kappa shape index (κ1) is 39.3. The zero-order valence-electron chi connectivity index (χ0n) is 37.3. The molecule has 5 aromatic heterocycles. The minimum Gasteiger partial charge on any atom is -0.456 e. The molecule has 15 rings (SSSR count). The Morgan fingerprint density at radius 3 is 1.39 bits per heavy atom. The summed E-state index contributed by atoms with van der Waals surface area (Å²) in [5.74, 6) is 1.85. The number of fused-ring (bicyclic) bond motifs is 12. The van der Waals surface area contributed by atoms with Crippen LogP contribution in [0.3, 0.4) is 0 Å². The fourth-order valence-corrected chi connectivity index (χ4v) is 12.9. The van der Waals surface area contributed by atoms with Gasteiger partial charge in [-0.1, -0.05) is 158 Å². The first-order valence-corrected chi connectivity index (χ1v) is 25.0. The van der Waals surface area contributed by atoms with Crippen LogP contribution < -0.4 is 0 Å². The predicted octanol–water partition coefficient (Wildman–Crippen LogP) is 17.9. The molecule has 70 heavy (non-hydrogen) atoms. The summed E-state index contributed by atoms with van der Waals surface area (Å²) in [6.07, 6.45) is 0. The largest absolute Gasteiger partial charge is 0.456 e. The van der Waals surface area contributed by atoms with Crippen LogP contribution >= 0.6 is 22.7 Å². The summed E-state index contributed by atoms with van der Waals surface area (Å²) in [6, 6.07) is 78.1. The van der Waals surface area contributed by atoms with Crippen LogP contribution in [-0.2, 0) is 0 Å². The van der Waals surface area contributed by atoms with Crippen molar-refractivity contribution in [3.63, 3.8) is 0 Å². The number of hydrogen-bond acceptors (Lipinski definition) is 6. The van der Waals surface area contributed by atoms with Crippen molar-refractivity contribution in [3.05, 3.63) is 218 Å². The van der Waals surface area contributed by atoms with Gasteiger partial charge < -0.3 is 8.98 Å². The Labute approximate surface area is 408 Å². The molecule has 0 aliphatic carbocycles. The highest BCUT2D eigenvalue weighted by atomic mass is 32.1. The molecule has 0 radical (unpaired) electrons. The molecule has 5 nitrogen and oxygen atoms in total. The standard InChI is InChI=1S/C63H36N4OS2/c1-3-15-37(16-4-1)48-31-41(32-49(38-17-5-2-6-18-38)60(48)67-52-23-11-7-19-42(52)50-35-51-43-20-8-12-24-54(43)68-55(51)36-53(50)67)63-65-61(39-27-29-46-44-21-9-13-25-56(44)69-58(46)33-39)64-62(66-63)40-28-30-47-45-22-10-14-26-57(45)70-59(47)34-40/h1-36H. The fraction of sp³-hybridized carbons (Fsp3) is 0. The molecule has 15 aromatic rings. The maximum atomic E-state index is 6.59. The lowest BCUT2D eigenvalue weighted by atomic mass is 9.92. The van der Waals surface area contributed by atoms with Crippen LogP contribution in [0.15, 0.2) is 223 Å². The Hall–Kier alpha value is -8.75. The molecule has 0 N–H and O–H groups in total. The fourth-order valence-electron chi connectivity index (χ4n) is 10.6. The van der Waals surface area contributed by atoms with Crippen molar-refractivity contribution in [2.24, 2.45) is 0 Å². The molecule has 0 unspecified atom stereocenters. The van der Waals surface area contributed by atoms with Crippen LogP contribution in [0.5, 0.6) is 0 Å². The van der Waals surface area contributed by atoms with Gasteiger partial charge in [-0.25, -0.2) is 15.0 Å². The van der Waals surface area contributed by atoms with Crippen LogP contribution in [-0.4, -0.2) is 19.5 Å². The zero-order chi connectivity index (χ0) is 45.9. The maximum absolute atomic E-state index is 6.59.